The predicted molar refractivity (Wildman–Crippen MR) is 132 cm³/mol. The fraction of sp³-hybridized carbons (Fsp3) is 0.708. The van der Waals surface area contributed by atoms with Gasteiger partial charge in [0.05, 0.1) is 17.4 Å². The Bertz CT molecular complexity index is 1080. The molecule has 3 heterocycles. The van der Waals surface area contributed by atoms with Gasteiger partial charge in [0.1, 0.15) is 30.3 Å². The second-order valence-electron chi connectivity index (χ2n) is 11.5. The van der Waals surface area contributed by atoms with Crippen LogP contribution in [0.1, 0.15) is 41.5 Å². The van der Waals surface area contributed by atoms with Crippen molar-refractivity contribution in [2.75, 3.05) is 6.61 Å². The lowest BCUT2D eigenvalue weighted by atomic mass is 10.0. The van der Waals surface area contributed by atoms with E-state index in [9.17, 15) is 13.2 Å². The van der Waals surface area contributed by atoms with E-state index in [0.29, 0.717) is 5.75 Å². The van der Waals surface area contributed by atoms with Crippen LogP contribution >= 0.6 is 0 Å². The quantitative estimate of drug-likeness (QED) is 0.300. The van der Waals surface area contributed by atoms with E-state index in [1.807, 2.05) is 0 Å². The van der Waals surface area contributed by atoms with Crippen LogP contribution in [0.2, 0.25) is 18.1 Å². The van der Waals surface area contributed by atoms with Crippen LogP contribution in [-0.4, -0.2) is 65.9 Å². The highest BCUT2D eigenvalue weighted by Gasteiger charge is 2.57. The van der Waals surface area contributed by atoms with Gasteiger partial charge in [0.15, 0.2) is 12.1 Å². The van der Waals surface area contributed by atoms with E-state index in [0.717, 1.165) is 0 Å². The van der Waals surface area contributed by atoms with Crippen molar-refractivity contribution in [1.82, 2.24) is 5.32 Å². The van der Waals surface area contributed by atoms with Crippen LogP contribution in [0.3, 0.4) is 0 Å². The molecule has 0 aromatic heterocycles. The van der Waals surface area contributed by atoms with E-state index in [1.165, 1.54) is 12.1 Å². The molecule has 0 aliphatic carbocycles. The number of fused-ring (bicyclic) bond motifs is 1. The zero-order valence-electron chi connectivity index (χ0n) is 22.1. The minimum Gasteiger partial charge on any atom is -0.544 e. The van der Waals surface area contributed by atoms with Crippen molar-refractivity contribution in [2.24, 2.45) is 5.92 Å². The lowest BCUT2D eigenvalue weighted by Crippen LogP contribution is -2.60. The van der Waals surface area contributed by atoms with Crippen molar-refractivity contribution in [3.05, 3.63) is 24.3 Å². The van der Waals surface area contributed by atoms with Gasteiger partial charge in [0, 0.05) is 0 Å². The van der Waals surface area contributed by atoms with Crippen molar-refractivity contribution in [2.45, 2.75) is 101 Å². The maximum Gasteiger partial charge on any atom is 0.297 e. The highest BCUT2D eigenvalue weighted by atomic mass is 32.2. The number of hydrogen-bond acceptors (Lipinski definition) is 9. The Morgan fingerprint density at radius 2 is 1.75 bits per heavy atom. The summed E-state index contributed by atoms with van der Waals surface area (Å²) in [5.41, 5.74) is 0. The fourth-order valence-electron chi connectivity index (χ4n) is 3.95. The summed E-state index contributed by atoms with van der Waals surface area (Å²) in [6.07, 6.45) is -3.33. The maximum absolute atomic E-state index is 12.9. The van der Waals surface area contributed by atoms with Crippen molar-refractivity contribution >= 4 is 24.3 Å². The van der Waals surface area contributed by atoms with Gasteiger partial charge in [-0.25, -0.2) is 0 Å². The van der Waals surface area contributed by atoms with Gasteiger partial charge in [-0.15, -0.1) is 0 Å². The minimum atomic E-state index is -4.08. The van der Waals surface area contributed by atoms with Crippen LogP contribution < -0.4 is 9.74 Å². The summed E-state index contributed by atoms with van der Waals surface area (Å²) >= 11 is 0. The first-order valence-electron chi connectivity index (χ1n) is 12.1. The average molecular weight is 544 g/mol. The molecule has 0 radical (unpaired) electrons. The van der Waals surface area contributed by atoms with Gasteiger partial charge >= 0.3 is 0 Å². The number of amides is 1. The Balaban J connectivity index is 1.42. The number of carbonyl (C=O) groups excluding carboxylic acids is 1. The molecule has 0 saturated carbocycles. The topological polar surface area (TPSA) is 119 Å². The normalized spacial score (nSPS) is 32.1. The van der Waals surface area contributed by atoms with E-state index in [-0.39, 0.29) is 28.4 Å². The third kappa shape index (κ3) is 5.49. The number of hydrogen-bond donors (Lipinski definition) is 1. The fourth-order valence-corrected chi connectivity index (χ4v) is 5.90. The maximum atomic E-state index is 12.9. The Hall–Kier alpha value is -1.54. The van der Waals surface area contributed by atoms with Gasteiger partial charge in [-0.1, -0.05) is 20.8 Å². The summed E-state index contributed by atoms with van der Waals surface area (Å²) in [6.45, 7) is 15.6. The molecule has 4 rings (SSSR count). The van der Waals surface area contributed by atoms with E-state index < -0.39 is 55.1 Å². The first kappa shape index (κ1) is 27.5. The summed E-state index contributed by atoms with van der Waals surface area (Å²) < 4.78 is 61.1. The molecule has 1 aromatic carbocycles. The molecular formula is C24H37NO9SSi. The molecule has 202 valence electrons. The molecule has 3 fully saturated rings. The first-order chi connectivity index (χ1) is 16.5. The molecular weight excluding hydrogens is 506 g/mol. The summed E-state index contributed by atoms with van der Waals surface area (Å²) in [6, 6.07) is 6.22. The predicted octanol–water partition coefficient (Wildman–Crippen LogP) is 3.13. The van der Waals surface area contributed by atoms with Crippen LogP contribution in [-0.2, 0) is 38.0 Å². The Morgan fingerprint density at radius 1 is 1.11 bits per heavy atom. The molecule has 3 saturated heterocycles. The highest BCUT2D eigenvalue weighted by Crippen LogP contribution is 2.40. The monoisotopic (exact) mass is 543 g/mol. The van der Waals surface area contributed by atoms with Crippen LogP contribution in [0.15, 0.2) is 29.2 Å². The van der Waals surface area contributed by atoms with Crippen LogP contribution in [0, 0.1) is 5.92 Å². The zero-order valence-corrected chi connectivity index (χ0v) is 23.9. The molecule has 0 unspecified atom stereocenters. The molecule has 1 amide bonds. The molecule has 1 N–H and O–H groups in total. The molecule has 0 bridgehead atoms. The van der Waals surface area contributed by atoms with Crippen LogP contribution in [0.25, 0.3) is 0 Å². The molecule has 12 heteroatoms. The Labute approximate surface area is 214 Å². The third-order valence-corrected chi connectivity index (χ3v) is 12.9. The van der Waals surface area contributed by atoms with Gasteiger partial charge < -0.3 is 28.7 Å². The smallest absolute Gasteiger partial charge is 0.297 e. The van der Waals surface area contributed by atoms with Gasteiger partial charge in [-0.05, 0) is 63.2 Å². The third-order valence-electron chi connectivity index (χ3n) is 7.22. The summed E-state index contributed by atoms with van der Waals surface area (Å²) in [5.74, 6) is -0.709. The van der Waals surface area contributed by atoms with Crippen LogP contribution in [0.4, 0.5) is 0 Å². The number of benzene rings is 1. The number of β-lactam (4-membered cyclic amide) rings is 1. The lowest BCUT2D eigenvalue weighted by Gasteiger charge is -2.37. The van der Waals surface area contributed by atoms with E-state index in [2.05, 4.69) is 39.2 Å². The highest BCUT2D eigenvalue weighted by molar-refractivity contribution is 7.86. The lowest BCUT2D eigenvalue weighted by molar-refractivity contribution is -0.230. The van der Waals surface area contributed by atoms with E-state index >= 15 is 0 Å². The van der Waals surface area contributed by atoms with E-state index in [4.69, 9.17) is 27.6 Å². The summed E-state index contributed by atoms with van der Waals surface area (Å²) in [7, 11) is -6.13. The van der Waals surface area contributed by atoms with Gasteiger partial charge in [-0.3, -0.25) is 8.98 Å². The Kier molecular flexibility index (Phi) is 7.13. The first-order valence-corrected chi connectivity index (χ1v) is 16.5. The van der Waals surface area contributed by atoms with Gasteiger partial charge in [0.25, 0.3) is 10.1 Å². The van der Waals surface area contributed by atoms with Gasteiger partial charge in [-0.2, -0.15) is 8.42 Å². The van der Waals surface area contributed by atoms with E-state index in [1.54, 1.807) is 32.9 Å². The molecule has 36 heavy (non-hydrogen) atoms. The largest absolute Gasteiger partial charge is 0.544 e. The SMILES string of the molecule is C[C@H]1C(=O)N[C@H]1O[C@@H]1[C@H]2OC(C)(C)O[C@H]2O[C@@H]1COS(=O)(=O)c1ccc(O[Si](C)(C)C(C)(C)C)cc1. The molecule has 6 atom stereocenters. The van der Waals surface area contributed by atoms with Crippen molar-refractivity contribution in [3.8, 4) is 5.75 Å². The molecule has 3 aliphatic rings. The van der Waals surface area contributed by atoms with Crippen molar-refractivity contribution in [1.29, 1.82) is 0 Å². The standard InChI is InChI=1S/C24H37NO9SSi/c1-14-20(26)25-21(14)31-18-17(30-22-19(18)32-24(5,6)33-22)13-29-35(27,28)16-11-9-15(10-12-16)34-36(7,8)23(2,3)4/h9-12,14,17-19,21-22H,13H2,1-8H3,(H,25,26)/t14-,17+,18-,19+,21-,22+/m0/s1. The molecule has 10 nitrogen and oxygen atoms in total. The van der Waals surface area contributed by atoms with Crippen molar-refractivity contribution in [3.63, 3.8) is 0 Å². The van der Waals surface area contributed by atoms with Crippen molar-refractivity contribution < 1.29 is 40.8 Å². The minimum absolute atomic E-state index is 0.00857. The zero-order chi connectivity index (χ0) is 26.7. The molecule has 3 aliphatic heterocycles. The molecule has 1 aromatic rings. The average Bonchev–Trinajstić information content (AvgIpc) is 3.22. The summed E-state index contributed by atoms with van der Waals surface area (Å²) in [4.78, 5) is 11.6. The number of ether oxygens (including phenoxy) is 4. The molecule has 0 spiro atoms. The number of rotatable bonds is 8. The number of carbonyl (C=O) groups is 1. The Morgan fingerprint density at radius 3 is 2.31 bits per heavy atom. The summed E-state index contributed by atoms with van der Waals surface area (Å²) in [5, 5.41) is 2.70. The second-order valence-corrected chi connectivity index (χ2v) is 17.9. The van der Waals surface area contributed by atoms with Crippen LogP contribution in [0.5, 0.6) is 5.75 Å². The second kappa shape index (κ2) is 9.33. The number of nitrogens with one attached hydrogen (secondary N) is 1. The van der Waals surface area contributed by atoms with Gasteiger partial charge in [0.2, 0.25) is 14.2 Å².